The smallest absolute Gasteiger partial charge is 0.276 e. The summed E-state index contributed by atoms with van der Waals surface area (Å²) >= 11 is 19.5. The molecule has 4 nitrogen and oxygen atoms in total. The molecule has 0 spiro atoms. The van der Waals surface area contributed by atoms with Gasteiger partial charge in [-0.3, -0.25) is 4.79 Å². The van der Waals surface area contributed by atoms with Gasteiger partial charge in [-0.1, -0.05) is 76.9 Å². The van der Waals surface area contributed by atoms with Gasteiger partial charge in [0.1, 0.15) is 0 Å². The average Bonchev–Trinajstić information content (AvgIpc) is 2.64. The Morgan fingerprint density at radius 1 is 1.04 bits per heavy atom. The number of hydrogen-bond acceptors (Lipinski definition) is 4. The Balaban J connectivity index is 1.75. The Kier molecular flexibility index (Phi) is 6.38. The summed E-state index contributed by atoms with van der Waals surface area (Å²) in [7, 11) is 0. The van der Waals surface area contributed by atoms with E-state index >= 15 is 0 Å². The highest BCUT2D eigenvalue weighted by atomic mass is 35.5. The number of halogens is 3. The molecule has 1 N–H and O–H groups in total. The number of carbonyl (C=O) groups excluding carboxylic acids is 1. The molecule has 0 saturated heterocycles. The molecule has 3 aromatic rings. The molecule has 8 heteroatoms. The Morgan fingerprint density at radius 2 is 1.81 bits per heavy atom. The highest BCUT2D eigenvalue weighted by molar-refractivity contribution is 7.98. The molecule has 0 unspecified atom stereocenters. The van der Waals surface area contributed by atoms with Gasteiger partial charge in [-0.25, -0.2) is 9.97 Å². The van der Waals surface area contributed by atoms with Crippen LogP contribution in [-0.4, -0.2) is 15.9 Å². The Labute approximate surface area is 169 Å². The number of amides is 1. The first kappa shape index (κ1) is 19.0. The van der Waals surface area contributed by atoms with Crippen LogP contribution in [0.25, 0.3) is 0 Å². The van der Waals surface area contributed by atoms with Crippen LogP contribution in [-0.2, 0) is 5.75 Å². The lowest BCUT2D eigenvalue weighted by atomic mass is 10.2. The van der Waals surface area contributed by atoms with Gasteiger partial charge in [-0.2, -0.15) is 0 Å². The molecular formula is C18H12Cl3N3OS. The molecular weight excluding hydrogens is 413 g/mol. The number of nitrogens with one attached hydrogen (secondary N) is 1. The molecule has 0 aliphatic heterocycles. The van der Waals surface area contributed by atoms with Crippen molar-refractivity contribution in [1.82, 2.24) is 9.97 Å². The predicted molar refractivity (Wildman–Crippen MR) is 107 cm³/mol. The fraction of sp³-hybridized carbons (Fsp3) is 0.0556. The van der Waals surface area contributed by atoms with E-state index in [1.807, 2.05) is 30.3 Å². The van der Waals surface area contributed by atoms with Gasteiger partial charge < -0.3 is 5.32 Å². The standard InChI is InChI=1S/C18H12Cl3N3OS/c19-12-6-7-15(13(20)8-12)23-17(25)16-14(21)9-22-18(24-16)26-10-11-4-2-1-3-5-11/h1-9H,10H2,(H,23,25). The normalized spacial score (nSPS) is 10.6. The van der Waals surface area contributed by atoms with Gasteiger partial charge in [0.25, 0.3) is 5.91 Å². The van der Waals surface area contributed by atoms with Crippen molar-refractivity contribution in [3.05, 3.63) is 81.1 Å². The van der Waals surface area contributed by atoms with Crippen molar-refractivity contribution < 1.29 is 4.79 Å². The number of benzene rings is 2. The molecule has 1 heterocycles. The third kappa shape index (κ3) is 4.89. The van der Waals surface area contributed by atoms with Crippen molar-refractivity contribution in [1.29, 1.82) is 0 Å². The van der Waals surface area contributed by atoms with Crippen LogP contribution >= 0.6 is 46.6 Å². The third-order valence-electron chi connectivity index (χ3n) is 3.33. The van der Waals surface area contributed by atoms with Gasteiger partial charge in [0, 0.05) is 10.8 Å². The SMILES string of the molecule is O=C(Nc1ccc(Cl)cc1Cl)c1nc(SCc2ccccc2)ncc1Cl. The first-order valence-corrected chi connectivity index (χ1v) is 9.60. The number of hydrogen-bond donors (Lipinski definition) is 1. The number of thioether (sulfide) groups is 1. The minimum atomic E-state index is -0.469. The van der Waals surface area contributed by atoms with Crippen molar-refractivity contribution in [3.8, 4) is 0 Å². The van der Waals surface area contributed by atoms with E-state index in [9.17, 15) is 4.79 Å². The summed E-state index contributed by atoms with van der Waals surface area (Å²) in [6.45, 7) is 0. The fourth-order valence-electron chi connectivity index (χ4n) is 2.07. The van der Waals surface area contributed by atoms with Gasteiger partial charge >= 0.3 is 0 Å². The first-order valence-electron chi connectivity index (χ1n) is 7.48. The van der Waals surface area contributed by atoms with Crippen LogP contribution in [0.15, 0.2) is 59.9 Å². The maximum atomic E-state index is 12.5. The second-order valence-corrected chi connectivity index (χ2v) is 7.40. The van der Waals surface area contributed by atoms with Gasteiger partial charge in [-0.05, 0) is 23.8 Å². The Bertz CT molecular complexity index is 938. The van der Waals surface area contributed by atoms with Gasteiger partial charge in [-0.15, -0.1) is 0 Å². The molecule has 0 aliphatic carbocycles. The topological polar surface area (TPSA) is 54.9 Å². The molecule has 0 saturated carbocycles. The number of anilines is 1. The van der Waals surface area contributed by atoms with Crippen molar-refractivity contribution in [2.45, 2.75) is 10.9 Å². The van der Waals surface area contributed by atoms with E-state index in [0.29, 0.717) is 26.6 Å². The summed E-state index contributed by atoms with van der Waals surface area (Å²) in [5.41, 5.74) is 1.65. The molecule has 0 fully saturated rings. The zero-order valence-electron chi connectivity index (χ0n) is 13.2. The van der Waals surface area contributed by atoms with E-state index in [2.05, 4.69) is 15.3 Å². The van der Waals surface area contributed by atoms with Crippen LogP contribution in [0.4, 0.5) is 5.69 Å². The molecule has 0 atom stereocenters. The summed E-state index contributed by atoms with van der Waals surface area (Å²) in [6, 6.07) is 14.7. The Hall–Kier alpha value is -1.79. The zero-order chi connectivity index (χ0) is 18.5. The number of rotatable bonds is 5. The van der Waals surface area contributed by atoms with Crippen molar-refractivity contribution in [2.75, 3.05) is 5.32 Å². The maximum Gasteiger partial charge on any atom is 0.276 e. The lowest BCUT2D eigenvalue weighted by Crippen LogP contribution is -2.15. The quantitative estimate of drug-likeness (QED) is 0.404. The minimum Gasteiger partial charge on any atom is -0.319 e. The number of carbonyl (C=O) groups is 1. The Morgan fingerprint density at radius 3 is 2.54 bits per heavy atom. The third-order valence-corrected chi connectivity index (χ3v) is 5.08. The molecule has 3 rings (SSSR count). The molecule has 2 aromatic carbocycles. The minimum absolute atomic E-state index is 0.0863. The zero-order valence-corrected chi connectivity index (χ0v) is 16.3. The van der Waals surface area contributed by atoms with Crippen LogP contribution in [0.3, 0.4) is 0 Å². The maximum absolute atomic E-state index is 12.5. The molecule has 0 bridgehead atoms. The van der Waals surface area contributed by atoms with E-state index in [1.165, 1.54) is 18.0 Å². The molecule has 132 valence electrons. The molecule has 0 aliphatic rings. The van der Waals surface area contributed by atoms with Crippen LogP contribution in [0.5, 0.6) is 0 Å². The predicted octanol–water partition coefficient (Wildman–Crippen LogP) is 5.98. The lowest BCUT2D eigenvalue weighted by Gasteiger charge is -2.09. The molecule has 26 heavy (non-hydrogen) atoms. The van der Waals surface area contributed by atoms with Crippen LogP contribution in [0, 0.1) is 0 Å². The summed E-state index contributed by atoms with van der Waals surface area (Å²) in [5.74, 6) is 0.218. The van der Waals surface area contributed by atoms with Gasteiger partial charge in [0.15, 0.2) is 10.9 Å². The van der Waals surface area contributed by atoms with E-state index in [4.69, 9.17) is 34.8 Å². The second-order valence-electron chi connectivity index (χ2n) is 5.20. The molecule has 0 radical (unpaired) electrons. The van der Waals surface area contributed by atoms with Crippen molar-refractivity contribution in [2.24, 2.45) is 0 Å². The van der Waals surface area contributed by atoms with Crippen molar-refractivity contribution in [3.63, 3.8) is 0 Å². The fourth-order valence-corrected chi connectivity index (χ4v) is 3.48. The largest absolute Gasteiger partial charge is 0.319 e. The van der Waals surface area contributed by atoms with Gasteiger partial charge in [0.2, 0.25) is 0 Å². The molecule has 1 amide bonds. The first-order chi connectivity index (χ1) is 12.5. The number of aromatic nitrogens is 2. The van der Waals surface area contributed by atoms with E-state index in [0.717, 1.165) is 5.56 Å². The molecule has 1 aromatic heterocycles. The second kappa shape index (κ2) is 8.73. The highest BCUT2D eigenvalue weighted by Gasteiger charge is 2.16. The van der Waals surface area contributed by atoms with E-state index < -0.39 is 5.91 Å². The summed E-state index contributed by atoms with van der Waals surface area (Å²) in [4.78, 5) is 21.0. The van der Waals surface area contributed by atoms with Crippen LogP contribution in [0.1, 0.15) is 16.1 Å². The van der Waals surface area contributed by atoms with E-state index in [-0.39, 0.29) is 10.7 Å². The summed E-state index contributed by atoms with van der Waals surface area (Å²) in [6.07, 6.45) is 1.42. The monoisotopic (exact) mass is 423 g/mol. The lowest BCUT2D eigenvalue weighted by molar-refractivity contribution is 0.102. The summed E-state index contributed by atoms with van der Waals surface area (Å²) < 4.78 is 0. The van der Waals surface area contributed by atoms with Gasteiger partial charge in [0.05, 0.1) is 21.9 Å². The van der Waals surface area contributed by atoms with Crippen molar-refractivity contribution >= 4 is 58.2 Å². The average molecular weight is 425 g/mol. The summed E-state index contributed by atoms with van der Waals surface area (Å²) in [5, 5.41) is 4.12. The highest BCUT2D eigenvalue weighted by Crippen LogP contribution is 2.27. The van der Waals surface area contributed by atoms with Crippen LogP contribution < -0.4 is 5.32 Å². The number of nitrogens with zero attached hydrogens (tertiary/aromatic N) is 2. The van der Waals surface area contributed by atoms with E-state index in [1.54, 1.807) is 18.2 Å². The van der Waals surface area contributed by atoms with Crippen LogP contribution in [0.2, 0.25) is 15.1 Å².